The molecule has 0 radical (unpaired) electrons. The molecule has 0 saturated heterocycles. The third-order valence-corrected chi connectivity index (χ3v) is 3.56. The summed E-state index contributed by atoms with van der Waals surface area (Å²) < 4.78 is 0. The van der Waals surface area contributed by atoms with Crippen LogP contribution in [0.4, 0.5) is 5.69 Å². The van der Waals surface area contributed by atoms with E-state index in [0.717, 1.165) is 27.7 Å². The largest absolute Gasteiger partial charge is 0.376 e. The van der Waals surface area contributed by atoms with Gasteiger partial charge in [0, 0.05) is 17.4 Å². The van der Waals surface area contributed by atoms with E-state index >= 15 is 0 Å². The third-order valence-electron chi connectivity index (χ3n) is 3.56. The van der Waals surface area contributed by atoms with Gasteiger partial charge in [0.2, 0.25) is 0 Å². The number of carbonyl (C=O) groups is 1. The van der Waals surface area contributed by atoms with Gasteiger partial charge in [-0.2, -0.15) is 5.10 Å². The number of nitrogens with zero attached hydrogens (tertiary/aromatic N) is 1. The number of benzene rings is 2. The van der Waals surface area contributed by atoms with Gasteiger partial charge in [-0.25, -0.2) is 5.43 Å². The quantitative estimate of drug-likeness (QED) is 0.501. The van der Waals surface area contributed by atoms with E-state index in [2.05, 4.69) is 20.8 Å². The Morgan fingerprint density at radius 2 is 2.09 bits per heavy atom. The lowest BCUT2D eigenvalue weighted by Crippen LogP contribution is -2.26. The predicted octanol–water partition coefficient (Wildman–Crippen LogP) is 3.04. The van der Waals surface area contributed by atoms with Gasteiger partial charge >= 0.3 is 0 Å². The zero-order chi connectivity index (χ0) is 16.1. The van der Waals surface area contributed by atoms with Crippen LogP contribution < -0.4 is 10.7 Å². The minimum absolute atomic E-state index is 0.180. The first-order chi connectivity index (χ1) is 11.2. The Morgan fingerprint density at radius 3 is 2.96 bits per heavy atom. The highest BCUT2D eigenvalue weighted by molar-refractivity contribution is 5.89. The van der Waals surface area contributed by atoms with Crippen molar-refractivity contribution >= 4 is 28.7 Å². The summed E-state index contributed by atoms with van der Waals surface area (Å²) >= 11 is 0. The molecule has 3 N–H and O–H groups in total. The lowest BCUT2D eigenvalue weighted by molar-refractivity contribution is -0.119. The van der Waals surface area contributed by atoms with Crippen molar-refractivity contribution in [2.24, 2.45) is 5.10 Å². The summed E-state index contributed by atoms with van der Waals surface area (Å²) in [6.45, 7) is 2.18. The zero-order valence-electron chi connectivity index (χ0n) is 12.8. The Labute approximate surface area is 134 Å². The number of aromatic nitrogens is 1. The fourth-order valence-electron chi connectivity index (χ4n) is 2.32. The molecule has 116 valence electrons. The molecule has 0 aliphatic carbocycles. The number of amides is 1. The molecule has 3 aromatic rings. The van der Waals surface area contributed by atoms with Crippen LogP contribution in [0.2, 0.25) is 0 Å². The first-order valence-electron chi connectivity index (χ1n) is 7.41. The summed E-state index contributed by atoms with van der Waals surface area (Å²) in [7, 11) is 0. The van der Waals surface area contributed by atoms with Gasteiger partial charge in [0.1, 0.15) is 0 Å². The number of hydrazone groups is 1. The van der Waals surface area contributed by atoms with E-state index in [1.165, 1.54) is 0 Å². The molecule has 0 bridgehead atoms. The van der Waals surface area contributed by atoms with Gasteiger partial charge < -0.3 is 10.3 Å². The maximum Gasteiger partial charge on any atom is 0.259 e. The van der Waals surface area contributed by atoms with Crippen LogP contribution >= 0.6 is 0 Å². The number of nitrogens with one attached hydrogen (secondary N) is 3. The third kappa shape index (κ3) is 3.77. The molecule has 0 saturated carbocycles. The SMILES string of the molecule is Cc1ccccc1NCC(=O)NN=Cc1ccc2[nH]ccc2c1. The number of aryl methyl sites for hydroxylation is 1. The summed E-state index contributed by atoms with van der Waals surface area (Å²) in [4.78, 5) is 14.9. The second kappa shape index (κ2) is 6.79. The Kier molecular flexibility index (Phi) is 4.38. The highest BCUT2D eigenvalue weighted by Crippen LogP contribution is 2.13. The molecule has 0 spiro atoms. The number of anilines is 1. The van der Waals surface area contributed by atoms with E-state index in [1.807, 2.05) is 61.7 Å². The Bertz CT molecular complexity index is 851. The number of hydrogen-bond donors (Lipinski definition) is 3. The smallest absolute Gasteiger partial charge is 0.259 e. The highest BCUT2D eigenvalue weighted by atomic mass is 16.2. The standard InChI is InChI=1S/C18H18N4O/c1-13-4-2-3-5-16(13)20-12-18(23)22-21-11-14-6-7-17-15(10-14)8-9-19-17/h2-11,19-20H,12H2,1H3,(H,22,23). The van der Waals surface area contributed by atoms with Crippen LogP contribution in [-0.2, 0) is 4.79 Å². The van der Waals surface area contributed by atoms with Gasteiger partial charge in [-0.05, 0) is 47.7 Å². The summed E-state index contributed by atoms with van der Waals surface area (Å²) in [5.74, 6) is -0.188. The van der Waals surface area contributed by atoms with Crippen molar-refractivity contribution < 1.29 is 4.79 Å². The molecule has 0 unspecified atom stereocenters. The lowest BCUT2D eigenvalue weighted by atomic mass is 10.2. The van der Waals surface area contributed by atoms with Crippen LogP contribution in [0.25, 0.3) is 10.9 Å². The topological polar surface area (TPSA) is 69.3 Å². The summed E-state index contributed by atoms with van der Waals surface area (Å²) in [6, 6.07) is 15.8. The minimum Gasteiger partial charge on any atom is -0.376 e. The Balaban J connectivity index is 1.53. The number of aromatic amines is 1. The summed E-state index contributed by atoms with van der Waals surface area (Å²) in [6.07, 6.45) is 3.53. The van der Waals surface area contributed by atoms with Gasteiger partial charge in [0.15, 0.2) is 0 Å². The Hall–Kier alpha value is -3.08. The Morgan fingerprint density at radius 1 is 1.22 bits per heavy atom. The molecular formula is C18H18N4O. The lowest BCUT2D eigenvalue weighted by Gasteiger charge is -2.07. The number of carbonyl (C=O) groups excluding carboxylic acids is 1. The highest BCUT2D eigenvalue weighted by Gasteiger charge is 2.01. The molecular weight excluding hydrogens is 288 g/mol. The van der Waals surface area contributed by atoms with Crippen molar-refractivity contribution in [3.63, 3.8) is 0 Å². The van der Waals surface area contributed by atoms with Crippen molar-refractivity contribution in [1.29, 1.82) is 0 Å². The van der Waals surface area contributed by atoms with Gasteiger partial charge in [-0.15, -0.1) is 0 Å². The fourth-order valence-corrected chi connectivity index (χ4v) is 2.32. The van der Waals surface area contributed by atoms with Crippen LogP contribution in [0, 0.1) is 6.92 Å². The number of rotatable bonds is 5. The van der Waals surface area contributed by atoms with Crippen LogP contribution in [-0.4, -0.2) is 23.7 Å². The molecule has 0 atom stereocenters. The van der Waals surface area contributed by atoms with E-state index in [9.17, 15) is 4.79 Å². The molecule has 5 heteroatoms. The molecule has 0 aliphatic rings. The molecule has 3 rings (SSSR count). The summed E-state index contributed by atoms with van der Waals surface area (Å²) in [5, 5.41) is 8.20. The summed E-state index contributed by atoms with van der Waals surface area (Å²) in [5.41, 5.74) is 6.58. The number of para-hydroxylation sites is 1. The number of H-pyrrole nitrogens is 1. The molecule has 5 nitrogen and oxygen atoms in total. The molecule has 1 amide bonds. The number of fused-ring (bicyclic) bond motifs is 1. The zero-order valence-corrected chi connectivity index (χ0v) is 12.8. The van der Waals surface area contributed by atoms with Crippen molar-refractivity contribution in [2.75, 3.05) is 11.9 Å². The monoisotopic (exact) mass is 306 g/mol. The van der Waals surface area contributed by atoms with Gasteiger partial charge in [0.25, 0.3) is 5.91 Å². The second-order valence-electron chi connectivity index (χ2n) is 5.29. The maximum atomic E-state index is 11.8. The first kappa shape index (κ1) is 14.8. The van der Waals surface area contributed by atoms with Gasteiger partial charge in [-0.1, -0.05) is 24.3 Å². The average molecular weight is 306 g/mol. The van der Waals surface area contributed by atoms with Crippen molar-refractivity contribution in [3.8, 4) is 0 Å². The van der Waals surface area contributed by atoms with E-state index in [0.29, 0.717) is 0 Å². The fraction of sp³-hybridized carbons (Fsp3) is 0.111. The van der Waals surface area contributed by atoms with E-state index in [1.54, 1.807) is 6.21 Å². The molecule has 1 heterocycles. The number of hydrogen-bond acceptors (Lipinski definition) is 3. The molecule has 23 heavy (non-hydrogen) atoms. The molecule has 0 fully saturated rings. The first-order valence-corrected chi connectivity index (χ1v) is 7.41. The van der Waals surface area contributed by atoms with Crippen LogP contribution in [0.3, 0.4) is 0 Å². The van der Waals surface area contributed by atoms with E-state index < -0.39 is 0 Å². The van der Waals surface area contributed by atoms with Crippen molar-refractivity contribution in [1.82, 2.24) is 10.4 Å². The predicted molar refractivity (Wildman–Crippen MR) is 93.7 cm³/mol. The normalized spacial score (nSPS) is 11.0. The second-order valence-corrected chi connectivity index (χ2v) is 5.29. The van der Waals surface area contributed by atoms with Gasteiger partial charge in [-0.3, -0.25) is 4.79 Å². The average Bonchev–Trinajstić information content (AvgIpc) is 3.02. The van der Waals surface area contributed by atoms with Crippen LogP contribution in [0.5, 0.6) is 0 Å². The van der Waals surface area contributed by atoms with Crippen LogP contribution in [0.15, 0.2) is 59.8 Å². The van der Waals surface area contributed by atoms with E-state index in [-0.39, 0.29) is 12.5 Å². The molecule has 0 aliphatic heterocycles. The van der Waals surface area contributed by atoms with E-state index in [4.69, 9.17) is 0 Å². The van der Waals surface area contributed by atoms with Crippen molar-refractivity contribution in [2.45, 2.75) is 6.92 Å². The molecule has 2 aromatic carbocycles. The minimum atomic E-state index is -0.188. The molecule has 1 aromatic heterocycles. The van der Waals surface area contributed by atoms with Gasteiger partial charge in [0.05, 0.1) is 12.8 Å². The van der Waals surface area contributed by atoms with Crippen molar-refractivity contribution in [3.05, 3.63) is 65.9 Å². The maximum absolute atomic E-state index is 11.8. The van der Waals surface area contributed by atoms with Crippen LogP contribution in [0.1, 0.15) is 11.1 Å².